The Labute approximate surface area is 83.3 Å². The monoisotopic (exact) mass is 233 g/mol. The molecule has 0 aliphatic carbocycles. The molecule has 0 fully saturated rings. The Morgan fingerprint density at radius 3 is 2.53 bits per heavy atom. The number of hydrogen-bond acceptors (Lipinski definition) is 2. The first-order valence-corrected chi connectivity index (χ1v) is 5.27. The van der Waals surface area contributed by atoms with Gasteiger partial charge < -0.3 is 4.98 Å². The summed E-state index contributed by atoms with van der Waals surface area (Å²) in [4.78, 5) is 1.76. The Kier molecular flexibility index (Phi) is 2.02. The lowest BCUT2D eigenvalue weighted by molar-refractivity contribution is 0.483. The number of H-pyrrole nitrogens is 1. The molecule has 1 heterocycles. The van der Waals surface area contributed by atoms with Crippen LogP contribution in [0.2, 0.25) is 0 Å². The maximum atomic E-state index is 13.2. The highest BCUT2D eigenvalue weighted by Gasteiger charge is 2.19. The fraction of sp³-hybridized carbons (Fsp3) is 0. The average Bonchev–Trinajstić information content (AvgIpc) is 2.45. The fourth-order valence-corrected chi connectivity index (χ4v) is 2.03. The first kappa shape index (κ1) is 10.1. The van der Waals surface area contributed by atoms with E-state index in [0.717, 1.165) is 12.3 Å². The van der Waals surface area contributed by atoms with E-state index in [0.29, 0.717) is 6.07 Å². The van der Waals surface area contributed by atoms with E-state index in [1.54, 1.807) is 0 Å². The quantitative estimate of drug-likeness (QED) is 0.736. The van der Waals surface area contributed by atoms with Gasteiger partial charge in [-0.25, -0.2) is 8.78 Å². The molecule has 0 saturated carbocycles. The van der Waals surface area contributed by atoms with Crippen LogP contribution < -0.4 is 0 Å². The molecule has 0 aliphatic heterocycles. The summed E-state index contributed by atoms with van der Waals surface area (Å²) >= 11 is 0. The molecule has 2 aromatic rings. The molecule has 0 aliphatic rings. The molecular weight excluding hydrogens is 228 g/mol. The smallest absolute Gasteiger partial charge is 0.296 e. The van der Waals surface area contributed by atoms with Crippen molar-refractivity contribution in [3.05, 3.63) is 30.0 Å². The standard InChI is InChI=1S/C8H5F2NO3S/c9-4-1-5(10)8-6(2-4)11-3-7(8)15(12,13)14/h1-3,11H,(H,12,13,14). The zero-order valence-corrected chi connectivity index (χ0v) is 7.98. The third-order valence-electron chi connectivity index (χ3n) is 1.94. The molecule has 0 atom stereocenters. The van der Waals surface area contributed by atoms with E-state index in [1.807, 2.05) is 0 Å². The summed E-state index contributed by atoms with van der Waals surface area (Å²) in [6.45, 7) is 0. The van der Waals surface area contributed by atoms with Crippen LogP contribution in [0.25, 0.3) is 10.9 Å². The predicted molar refractivity (Wildman–Crippen MR) is 48.0 cm³/mol. The van der Waals surface area contributed by atoms with Crippen molar-refractivity contribution >= 4 is 21.0 Å². The molecule has 7 heteroatoms. The molecule has 1 aromatic heterocycles. The molecule has 0 bridgehead atoms. The summed E-state index contributed by atoms with van der Waals surface area (Å²) in [5.74, 6) is -1.87. The molecule has 1 aromatic carbocycles. The molecular formula is C8H5F2NO3S. The number of fused-ring (bicyclic) bond motifs is 1. The second-order valence-corrected chi connectivity index (χ2v) is 4.33. The predicted octanol–water partition coefficient (Wildman–Crippen LogP) is 1.69. The van der Waals surface area contributed by atoms with Crippen LogP contribution in [0.3, 0.4) is 0 Å². The highest BCUT2D eigenvalue weighted by atomic mass is 32.2. The average molecular weight is 233 g/mol. The van der Waals surface area contributed by atoms with Gasteiger partial charge in [0.25, 0.3) is 10.1 Å². The van der Waals surface area contributed by atoms with Crippen molar-refractivity contribution in [2.45, 2.75) is 4.90 Å². The lowest BCUT2D eigenvalue weighted by Crippen LogP contribution is -1.97. The lowest BCUT2D eigenvalue weighted by atomic mass is 10.2. The Morgan fingerprint density at radius 1 is 1.27 bits per heavy atom. The van der Waals surface area contributed by atoms with Gasteiger partial charge in [0.15, 0.2) is 0 Å². The third kappa shape index (κ3) is 1.59. The zero-order valence-electron chi connectivity index (χ0n) is 7.16. The molecule has 2 N–H and O–H groups in total. The van der Waals surface area contributed by atoms with Gasteiger partial charge in [-0.15, -0.1) is 0 Å². The summed E-state index contributed by atoms with van der Waals surface area (Å²) in [6, 6.07) is 1.48. The van der Waals surface area contributed by atoms with E-state index < -0.39 is 26.6 Å². The summed E-state index contributed by atoms with van der Waals surface area (Å²) in [5, 5.41) is -0.348. The zero-order chi connectivity index (χ0) is 11.2. The first-order valence-electron chi connectivity index (χ1n) is 3.83. The van der Waals surface area contributed by atoms with Gasteiger partial charge in [-0.2, -0.15) is 8.42 Å². The fourth-order valence-electron chi connectivity index (χ4n) is 1.36. The SMILES string of the molecule is O=S(=O)(O)c1c[nH]c2cc(F)cc(F)c12. The summed E-state index contributed by atoms with van der Waals surface area (Å²) in [7, 11) is -4.52. The summed E-state index contributed by atoms with van der Waals surface area (Å²) in [5.41, 5.74) is -0.0277. The van der Waals surface area contributed by atoms with Crippen LogP contribution in [0.1, 0.15) is 0 Å². The van der Waals surface area contributed by atoms with Gasteiger partial charge >= 0.3 is 0 Å². The first-order chi connectivity index (χ1) is 6.89. The number of hydrogen-bond donors (Lipinski definition) is 2. The molecule has 0 spiro atoms. The molecule has 80 valence electrons. The molecule has 0 radical (unpaired) electrons. The van der Waals surface area contributed by atoms with E-state index in [-0.39, 0.29) is 10.9 Å². The third-order valence-corrected chi connectivity index (χ3v) is 2.82. The Balaban J connectivity index is 2.93. The maximum Gasteiger partial charge on any atom is 0.296 e. The highest BCUT2D eigenvalue weighted by Crippen LogP contribution is 2.26. The van der Waals surface area contributed by atoms with Crippen molar-refractivity contribution in [1.82, 2.24) is 4.98 Å². The number of aromatic amines is 1. The van der Waals surface area contributed by atoms with E-state index in [2.05, 4.69) is 4.98 Å². The molecule has 0 saturated heterocycles. The van der Waals surface area contributed by atoms with E-state index in [4.69, 9.17) is 4.55 Å². The number of nitrogens with one attached hydrogen (secondary N) is 1. The number of halogens is 2. The number of benzene rings is 1. The summed E-state index contributed by atoms with van der Waals surface area (Å²) < 4.78 is 56.4. The maximum absolute atomic E-state index is 13.2. The van der Waals surface area contributed by atoms with Crippen LogP contribution in [0.15, 0.2) is 23.2 Å². The minimum atomic E-state index is -4.52. The molecule has 4 nitrogen and oxygen atoms in total. The van der Waals surface area contributed by atoms with Crippen LogP contribution in [0.4, 0.5) is 8.78 Å². The molecule has 0 amide bonds. The van der Waals surface area contributed by atoms with Gasteiger partial charge in [0.2, 0.25) is 0 Å². The lowest BCUT2D eigenvalue weighted by Gasteiger charge is -1.96. The minimum Gasteiger partial charge on any atom is -0.360 e. The minimum absolute atomic E-state index is 0.0277. The van der Waals surface area contributed by atoms with Crippen LogP contribution in [-0.4, -0.2) is 18.0 Å². The van der Waals surface area contributed by atoms with Crippen molar-refractivity contribution in [3.8, 4) is 0 Å². The Morgan fingerprint density at radius 2 is 1.93 bits per heavy atom. The second-order valence-electron chi connectivity index (χ2n) is 2.94. The van der Waals surface area contributed by atoms with Gasteiger partial charge in [-0.3, -0.25) is 4.55 Å². The van der Waals surface area contributed by atoms with Gasteiger partial charge in [-0.1, -0.05) is 0 Å². The van der Waals surface area contributed by atoms with Crippen LogP contribution in [0, 0.1) is 11.6 Å². The highest BCUT2D eigenvalue weighted by molar-refractivity contribution is 7.86. The Hall–Kier alpha value is -1.47. The molecule has 0 unspecified atom stereocenters. The summed E-state index contributed by atoms with van der Waals surface area (Å²) in [6.07, 6.45) is 0.905. The Bertz CT molecular complexity index is 633. The van der Waals surface area contributed by atoms with Gasteiger partial charge in [0, 0.05) is 12.3 Å². The van der Waals surface area contributed by atoms with Gasteiger partial charge in [-0.05, 0) is 6.07 Å². The molecule has 15 heavy (non-hydrogen) atoms. The van der Waals surface area contributed by atoms with Crippen LogP contribution >= 0.6 is 0 Å². The van der Waals surface area contributed by atoms with Crippen LogP contribution in [-0.2, 0) is 10.1 Å². The van der Waals surface area contributed by atoms with Crippen molar-refractivity contribution in [3.63, 3.8) is 0 Å². The largest absolute Gasteiger partial charge is 0.360 e. The number of rotatable bonds is 1. The second kappa shape index (κ2) is 3.01. The van der Waals surface area contributed by atoms with Crippen molar-refractivity contribution in [2.75, 3.05) is 0 Å². The van der Waals surface area contributed by atoms with E-state index in [9.17, 15) is 17.2 Å². The van der Waals surface area contributed by atoms with Crippen molar-refractivity contribution < 1.29 is 21.8 Å². The van der Waals surface area contributed by atoms with E-state index in [1.165, 1.54) is 0 Å². The van der Waals surface area contributed by atoms with Crippen molar-refractivity contribution in [2.24, 2.45) is 0 Å². The molecule has 2 rings (SSSR count). The van der Waals surface area contributed by atoms with Crippen molar-refractivity contribution in [1.29, 1.82) is 0 Å². The number of aromatic nitrogens is 1. The van der Waals surface area contributed by atoms with Gasteiger partial charge in [0.1, 0.15) is 16.5 Å². The van der Waals surface area contributed by atoms with E-state index >= 15 is 0 Å². The normalized spacial score (nSPS) is 12.2. The topological polar surface area (TPSA) is 70.2 Å². The van der Waals surface area contributed by atoms with Gasteiger partial charge in [0.05, 0.1) is 10.9 Å². The van der Waals surface area contributed by atoms with Crippen LogP contribution in [0.5, 0.6) is 0 Å².